The Kier molecular flexibility index (Phi) is 10.3. The molecule has 0 fully saturated rings. The maximum absolute atomic E-state index is 7.55. The molecule has 6 aliphatic rings. The first kappa shape index (κ1) is 49.0. The molecule has 86 heavy (non-hydrogen) atoms. The molecule has 0 aromatic heterocycles. The van der Waals surface area contributed by atoms with Gasteiger partial charge < -0.3 is 28.9 Å². The van der Waals surface area contributed by atoms with Crippen molar-refractivity contribution < 1.29 is 14.2 Å². The summed E-state index contributed by atoms with van der Waals surface area (Å²) in [7, 11) is 0. The Hall–Kier alpha value is -10.4. The van der Waals surface area contributed by atoms with Gasteiger partial charge in [-0.15, -0.1) is 0 Å². The van der Waals surface area contributed by atoms with E-state index in [1.807, 2.05) is 60.7 Å². The van der Waals surface area contributed by atoms with Crippen molar-refractivity contribution in [3.8, 4) is 56.8 Å². The summed E-state index contributed by atoms with van der Waals surface area (Å²) in [4.78, 5) is 7.40. The van der Waals surface area contributed by atoms with Crippen molar-refractivity contribution in [3.63, 3.8) is 0 Å². The van der Waals surface area contributed by atoms with Crippen LogP contribution >= 0.6 is 0 Å². The minimum Gasteiger partial charge on any atom is -0.458 e. The fourth-order valence-corrected chi connectivity index (χ4v) is 15.5. The molecule has 0 amide bonds. The summed E-state index contributed by atoms with van der Waals surface area (Å²) >= 11 is 0. The van der Waals surface area contributed by atoms with Crippen molar-refractivity contribution in [3.05, 3.63) is 283 Å². The maximum Gasteiger partial charge on any atom is 0.256 e. The fourth-order valence-electron chi connectivity index (χ4n) is 15.5. The number of ether oxygens (including phenoxy) is 3. The average molecular weight is 1100 g/mol. The van der Waals surface area contributed by atoms with E-state index in [-0.39, 0.29) is 24.3 Å². The minimum absolute atomic E-state index is 0.176. The van der Waals surface area contributed by atoms with Crippen LogP contribution < -0.4 is 61.7 Å². The molecule has 0 unspecified atom stereocenters. The topological polar surface area (TPSA) is 37.4 Å². The zero-order chi connectivity index (χ0) is 57.2. The van der Waals surface area contributed by atoms with Crippen molar-refractivity contribution in [1.29, 1.82) is 0 Å². The van der Waals surface area contributed by atoms with Gasteiger partial charge in [0, 0.05) is 92.3 Å². The lowest BCUT2D eigenvalue weighted by atomic mass is 9.30. The predicted molar refractivity (Wildman–Crippen MR) is 354 cm³/mol. The number of para-hydroxylation sites is 5. The first-order valence-electron chi connectivity index (χ1n) is 30.0. The smallest absolute Gasteiger partial charge is 0.256 e. The molecule has 4 aliphatic heterocycles. The third-order valence-corrected chi connectivity index (χ3v) is 19.3. The third-order valence-electron chi connectivity index (χ3n) is 19.3. The lowest BCUT2D eigenvalue weighted by Crippen LogP contribution is -2.64. The number of hydrogen-bond donors (Lipinski definition) is 0. The Morgan fingerprint density at radius 1 is 0.291 bits per heavy atom. The van der Waals surface area contributed by atoms with E-state index >= 15 is 0 Å². The van der Waals surface area contributed by atoms with Gasteiger partial charge in [0.1, 0.15) is 34.5 Å². The van der Waals surface area contributed by atoms with Crippen LogP contribution in [0.15, 0.2) is 261 Å². The van der Waals surface area contributed by atoms with Crippen molar-refractivity contribution in [2.45, 2.75) is 38.5 Å². The first-order valence-corrected chi connectivity index (χ1v) is 30.0. The second-order valence-electron chi connectivity index (χ2n) is 24.7. The molecule has 0 spiro atoms. The molecule has 12 aromatic rings. The Balaban J connectivity index is 0.870. The molecular weight excluding hydrogens is 1050 g/mol. The van der Waals surface area contributed by atoms with Gasteiger partial charge in [-0.2, -0.15) is 0 Å². The molecule has 6 nitrogen and oxygen atoms in total. The van der Waals surface area contributed by atoms with Gasteiger partial charge in [-0.3, -0.25) is 0 Å². The van der Waals surface area contributed by atoms with Crippen LogP contribution in [0.2, 0.25) is 0 Å². The number of anilines is 9. The molecule has 0 N–H and O–H groups in total. The number of hydrogen-bond acceptors (Lipinski definition) is 6. The highest BCUT2D eigenvalue weighted by Gasteiger charge is 2.49. The highest BCUT2D eigenvalue weighted by molar-refractivity contribution is 7.02. The van der Waals surface area contributed by atoms with E-state index in [0.29, 0.717) is 5.75 Å². The Bertz CT molecular complexity index is 4850. The van der Waals surface area contributed by atoms with E-state index in [1.165, 1.54) is 66.4 Å². The van der Waals surface area contributed by atoms with Gasteiger partial charge in [0.15, 0.2) is 0 Å². The molecule has 18 rings (SSSR count). The molecule has 8 heteroatoms. The van der Waals surface area contributed by atoms with Gasteiger partial charge in [0.2, 0.25) is 0 Å². The van der Waals surface area contributed by atoms with Crippen LogP contribution in [0.1, 0.15) is 49.9 Å². The van der Waals surface area contributed by atoms with Crippen LogP contribution in [-0.4, -0.2) is 13.4 Å². The molecular formula is C78H55B2N3O3. The van der Waals surface area contributed by atoms with Gasteiger partial charge in [0.25, 0.3) is 13.4 Å². The third kappa shape index (κ3) is 6.98. The summed E-state index contributed by atoms with van der Waals surface area (Å²) in [6.07, 6.45) is 0. The van der Waals surface area contributed by atoms with Crippen LogP contribution in [0.3, 0.4) is 0 Å². The molecule has 0 saturated carbocycles. The van der Waals surface area contributed by atoms with E-state index in [2.05, 4.69) is 243 Å². The van der Waals surface area contributed by atoms with Crippen molar-refractivity contribution in [2.24, 2.45) is 0 Å². The number of fused-ring (bicyclic) bond motifs is 14. The first-order chi connectivity index (χ1) is 42.2. The lowest BCUT2D eigenvalue weighted by Gasteiger charge is -2.45. The number of nitrogens with zero attached hydrogens (tertiary/aromatic N) is 3. The lowest BCUT2D eigenvalue weighted by molar-refractivity contribution is 0.463. The Labute approximate surface area is 501 Å². The highest BCUT2D eigenvalue weighted by atomic mass is 16.5. The molecule has 12 aromatic carbocycles. The summed E-state index contributed by atoms with van der Waals surface area (Å²) in [5, 5.41) is 0. The van der Waals surface area contributed by atoms with Gasteiger partial charge in [0.05, 0.1) is 0 Å². The quantitative estimate of drug-likeness (QED) is 0.148. The Morgan fingerprint density at radius 2 is 0.721 bits per heavy atom. The van der Waals surface area contributed by atoms with E-state index in [0.717, 1.165) is 90.9 Å². The molecule has 0 radical (unpaired) electrons. The summed E-state index contributed by atoms with van der Waals surface area (Å²) in [6, 6.07) is 94.7. The predicted octanol–water partition coefficient (Wildman–Crippen LogP) is 16.4. The van der Waals surface area contributed by atoms with Crippen molar-refractivity contribution in [2.75, 3.05) is 14.7 Å². The maximum atomic E-state index is 7.55. The standard InChI is InChI=1S/C78H55B2N3O3/c1-77(2)59-30-16-14-28-55(59)57-38-36-49(40-61(57)77)82-67-34-20-18-32-63(67)79-65-46-66-73(47-69(65)81(48-22-8-5-9-23-48)70-42-53(43-71(82)75(70)79)84-51-24-10-6-11-25-51)86-74-45-54(85-52-26-12-7-13-27-52)44-72-76(74)80(66)64-33-19-21-35-68(64)83(72)50-37-39-58-56-29-15-17-31-60(56)78(3,4)62(58)41-50/h5-47H,1-4H3. The van der Waals surface area contributed by atoms with Gasteiger partial charge in [-0.05, 0) is 150 Å². The molecule has 406 valence electrons. The van der Waals surface area contributed by atoms with Gasteiger partial charge in [-0.1, -0.05) is 185 Å². The highest BCUT2D eigenvalue weighted by Crippen LogP contribution is 2.55. The normalized spacial score (nSPS) is 14.9. The van der Waals surface area contributed by atoms with Crippen LogP contribution in [0.5, 0.6) is 34.5 Å². The zero-order valence-electron chi connectivity index (χ0n) is 48.0. The second-order valence-corrected chi connectivity index (χ2v) is 24.7. The van der Waals surface area contributed by atoms with Crippen LogP contribution in [0.25, 0.3) is 22.3 Å². The SMILES string of the molecule is CC1(C)c2ccccc2-c2ccc(N3c4ccccc4B4c5cc6c(cc5Oc5cc(Oc7ccccc7)cc3c54)N(c3ccccc3)c3cc(Oc4ccccc4)cc4c3B6c3ccccc3N4c3ccc4c(c3)C(C)(C)c3ccccc3-4)cc21. The summed E-state index contributed by atoms with van der Waals surface area (Å²) in [5.74, 6) is 4.53. The van der Waals surface area contributed by atoms with Crippen molar-refractivity contribution >= 4 is 97.4 Å². The van der Waals surface area contributed by atoms with Crippen LogP contribution in [0.4, 0.5) is 51.2 Å². The Morgan fingerprint density at radius 3 is 1.27 bits per heavy atom. The van der Waals surface area contributed by atoms with E-state index in [9.17, 15) is 0 Å². The van der Waals surface area contributed by atoms with E-state index in [1.54, 1.807) is 0 Å². The summed E-state index contributed by atoms with van der Waals surface area (Å²) in [5.41, 5.74) is 26.9. The van der Waals surface area contributed by atoms with E-state index < -0.39 is 0 Å². The summed E-state index contributed by atoms with van der Waals surface area (Å²) < 4.78 is 21.4. The van der Waals surface area contributed by atoms with Gasteiger partial charge in [-0.25, -0.2) is 0 Å². The van der Waals surface area contributed by atoms with E-state index in [4.69, 9.17) is 14.2 Å². The van der Waals surface area contributed by atoms with Crippen molar-refractivity contribution in [1.82, 2.24) is 0 Å². The summed E-state index contributed by atoms with van der Waals surface area (Å²) in [6.45, 7) is 9.08. The van der Waals surface area contributed by atoms with Crippen LogP contribution in [0, 0.1) is 0 Å². The largest absolute Gasteiger partial charge is 0.458 e. The monoisotopic (exact) mass is 1100 g/mol. The zero-order valence-corrected chi connectivity index (χ0v) is 48.0. The molecule has 4 heterocycles. The van der Waals surface area contributed by atoms with Gasteiger partial charge >= 0.3 is 0 Å². The van der Waals surface area contributed by atoms with Crippen LogP contribution in [-0.2, 0) is 10.8 Å². The molecule has 0 atom stereocenters. The molecule has 0 saturated heterocycles. The number of benzene rings is 12. The minimum atomic E-state index is -0.198. The molecule has 0 bridgehead atoms. The number of rotatable bonds is 7. The average Bonchev–Trinajstić information content (AvgIpc) is 0.931. The molecule has 2 aliphatic carbocycles. The second kappa shape index (κ2) is 18.0. The fraction of sp³-hybridized carbons (Fsp3) is 0.0769.